The largest absolute Gasteiger partial charge is 0.338 e. The molecule has 1 aliphatic heterocycles. The number of aromatic amines is 1. The highest BCUT2D eigenvalue weighted by atomic mass is 79.9. The summed E-state index contributed by atoms with van der Waals surface area (Å²) in [6, 6.07) is 10.4. The van der Waals surface area contributed by atoms with Crippen LogP contribution in [0.1, 0.15) is 41.9 Å². The summed E-state index contributed by atoms with van der Waals surface area (Å²) < 4.78 is 6.63. The molecular weight excluding hydrogens is 370 g/mol. The highest BCUT2D eigenvalue weighted by Crippen LogP contribution is 2.32. The molecule has 1 fully saturated rings. The van der Waals surface area contributed by atoms with Crippen LogP contribution in [0.15, 0.2) is 45.5 Å². The Hall–Kier alpha value is -1.99. The van der Waals surface area contributed by atoms with E-state index in [-0.39, 0.29) is 6.04 Å². The van der Waals surface area contributed by atoms with Gasteiger partial charge >= 0.3 is 0 Å². The Bertz CT molecular complexity index is 784. The third-order valence-corrected chi connectivity index (χ3v) is 4.87. The lowest BCUT2D eigenvalue weighted by atomic mass is 10.1. The average Bonchev–Trinajstić information content (AvgIpc) is 3.32. The van der Waals surface area contributed by atoms with E-state index in [0.29, 0.717) is 6.42 Å². The molecule has 1 atom stereocenters. The number of nitrogens with zero attached hydrogens (tertiary/aromatic N) is 4. The summed E-state index contributed by atoms with van der Waals surface area (Å²) >= 11 is 3.45. The Morgan fingerprint density at radius 1 is 1.25 bits per heavy atom. The van der Waals surface area contributed by atoms with Crippen LogP contribution in [0.3, 0.4) is 0 Å². The first-order valence-electron chi connectivity index (χ1n) is 8.07. The van der Waals surface area contributed by atoms with Crippen molar-refractivity contribution >= 4 is 15.9 Å². The molecule has 7 heteroatoms. The summed E-state index contributed by atoms with van der Waals surface area (Å²) in [5.41, 5.74) is 2.28. The summed E-state index contributed by atoms with van der Waals surface area (Å²) in [5, 5.41) is 11.2. The lowest BCUT2D eigenvalue weighted by Crippen LogP contribution is -2.23. The van der Waals surface area contributed by atoms with E-state index in [0.717, 1.165) is 47.8 Å². The number of likely N-dealkylation sites (tertiary alicyclic amines) is 1. The molecule has 0 bridgehead atoms. The van der Waals surface area contributed by atoms with Crippen molar-refractivity contribution in [3.8, 4) is 0 Å². The van der Waals surface area contributed by atoms with E-state index in [1.54, 1.807) is 6.20 Å². The summed E-state index contributed by atoms with van der Waals surface area (Å²) in [5.74, 6) is 1.46. The smallest absolute Gasteiger partial charge is 0.244 e. The average molecular weight is 388 g/mol. The number of hydrogen-bond acceptors (Lipinski definition) is 5. The molecule has 4 rings (SSSR count). The number of benzene rings is 1. The monoisotopic (exact) mass is 387 g/mol. The fraction of sp³-hybridized carbons (Fsp3) is 0.353. The molecular formula is C17H18BrN5O. The lowest BCUT2D eigenvalue weighted by Gasteiger charge is -2.20. The SMILES string of the molecule is Brc1ccc(Cc2noc([C@H]3CCCN3Cc3ccn[nH]3)n2)cc1. The van der Waals surface area contributed by atoms with Gasteiger partial charge in [-0.3, -0.25) is 10.00 Å². The number of halogens is 1. The van der Waals surface area contributed by atoms with Crippen LogP contribution in [-0.4, -0.2) is 31.8 Å². The van der Waals surface area contributed by atoms with Gasteiger partial charge in [-0.15, -0.1) is 0 Å². The van der Waals surface area contributed by atoms with Crippen molar-refractivity contribution < 1.29 is 4.52 Å². The van der Waals surface area contributed by atoms with Gasteiger partial charge in [-0.25, -0.2) is 0 Å². The second-order valence-corrected chi connectivity index (χ2v) is 6.98. The van der Waals surface area contributed by atoms with Crippen LogP contribution < -0.4 is 0 Å². The molecule has 1 saturated heterocycles. The van der Waals surface area contributed by atoms with Crippen molar-refractivity contribution in [2.24, 2.45) is 0 Å². The molecule has 2 aromatic heterocycles. The number of H-pyrrole nitrogens is 1. The van der Waals surface area contributed by atoms with Gasteiger partial charge in [-0.1, -0.05) is 33.2 Å². The highest BCUT2D eigenvalue weighted by molar-refractivity contribution is 9.10. The molecule has 1 aliphatic rings. The van der Waals surface area contributed by atoms with Gasteiger partial charge in [0.2, 0.25) is 5.89 Å². The normalized spacial score (nSPS) is 18.3. The predicted octanol–water partition coefficient (Wildman–Crippen LogP) is 3.48. The van der Waals surface area contributed by atoms with Crippen molar-refractivity contribution in [3.05, 3.63) is 64.0 Å². The summed E-state index contributed by atoms with van der Waals surface area (Å²) in [4.78, 5) is 7.00. The number of nitrogens with one attached hydrogen (secondary N) is 1. The molecule has 0 saturated carbocycles. The molecule has 3 heterocycles. The standard InChI is InChI=1S/C17H18BrN5O/c18-13-5-3-12(4-6-13)10-16-20-17(24-22-16)15-2-1-9-23(15)11-14-7-8-19-21-14/h3-8,15H,1-2,9-11H2,(H,19,21)/t15-/m1/s1. The van der Waals surface area contributed by atoms with Gasteiger partial charge in [-0.2, -0.15) is 10.1 Å². The molecule has 1 N–H and O–H groups in total. The summed E-state index contributed by atoms with van der Waals surface area (Å²) in [7, 11) is 0. The minimum absolute atomic E-state index is 0.194. The van der Waals surface area contributed by atoms with Crippen LogP contribution >= 0.6 is 15.9 Å². The fourth-order valence-corrected chi connectivity index (χ4v) is 3.41. The topological polar surface area (TPSA) is 70.8 Å². The van der Waals surface area contributed by atoms with Crippen molar-refractivity contribution in [2.75, 3.05) is 6.54 Å². The first kappa shape index (κ1) is 15.5. The minimum atomic E-state index is 0.194. The number of hydrogen-bond donors (Lipinski definition) is 1. The molecule has 6 nitrogen and oxygen atoms in total. The second kappa shape index (κ2) is 6.86. The zero-order chi connectivity index (χ0) is 16.4. The van der Waals surface area contributed by atoms with E-state index in [1.165, 1.54) is 5.56 Å². The van der Waals surface area contributed by atoms with Crippen LogP contribution in [0, 0.1) is 0 Å². The first-order valence-corrected chi connectivity index (χ1v) is 8.86. The third-order valence-electron chi connectivity index (χ3n) is 4.34. The van der Waals surface area contributed by atoms with Crippen LogP contribution in [-0.2, 0) is 13.0 Å². The molecule has 0 amide bonds. The summed E-state index contributed by atoms with van der Waals surface area (Å²) in [6.45, 7) is 1.86. The molecule has 0 spiro atoms. The Morgan fingerprint density at radius 3 is 2.92 bits per heavy atom. The van der Waals surface area contributed by atoms with Gasteiger partial charge < -0.3 is 4.52 Å². The maximum absolute atomic E-state index is 5.56. The quantitative estimate of drug-likeness (QED) is 0.725. The van der Waals surface area contributed by atoms with Crippen LogP contribution in [0.25, 0.3) is 0 Å². The Kier molecular flexibility index (Phi) is 4.44. The zero-order valence-electron chi connectivity index (χ0n) is 13.2. The maximum atomic E-state index is 5.56. The second-order valence-electron chi connectivity index (χ2n) is 6.06. The molecule has 24 heavy (non-hydrogen) atoms. The van der Waals surface area contributed by atoms with Crippen molar-refractivity contribution in [1.29, 1.82) is 0 Å². The van der Waals surface area contributed by atoms with E-state index < -0.39 is 0 Å². The van der Waals surface area contributed by atoms with E-state index in [4.69, 9.17) is 4.52 Å². The first-order chi connectivity index (χ1) is 11.8. The van der Waals surface area contributed by atoms with Gasteiger partial charge in [0, 0.05) is 29.3 Å². The molecule has 0 radical (unpaired) electrons. The fourth-order valence-electron chi connectivity index (χ4n) is 3.15. The summed E-state index contributed by atoms with van der Waals surface area (Å²) in [6.07, 6.45) is 4.66. The van der Waals surface area contributed by atoms with Crippen molar-refractivity contribution in [3.63, 3.8) is 0 Å². The maximum Gasteiger partial charge on any atom is 0.244 e. The van der Waals surface area contributed by atoms with E-state index in [1.807, 2.05) is 18.2 Å². The van der Waals surface area contributed by atoms with Crippen LogP contribution in [0.4, 0.5) is 0 Å². The third kappa shape index (κ3) is 3.42. The van der Waals surface area contributed by atoms with E-state index in [9.17, 15) is 0 Å². The van der Waals surface area contributed by atoms with E-state index >= 15 is 0 Å². The van der Waals surface area contributed by atoms with Crippen LogP contribution in [0.2, 0.25) is 0 Å². The van der Waals surface area contributed by atoms with Gasteiger partial charge in [-0.05, 0) is 43.1 Å². The Labute approximate surface area is 148 Å². The van der Waals surface area contributed by atoms with Crippen molar-refractivity contribution in [1.82, 2.24) is 25.2 Å². The van der Waals surface area contributed by atoms with Crippen LogP contribution in [0.5, 0.6) is 0 Å². The van der Waals surface area contributed by atoms with Gasteiger partial charge in [0.1, 0.15) is 0 Å². The number of aromatic nitrogens is 4. The highest BCUT2D eigenvalue weighted by Gasteiger charge is 2.30. The molecule has 124 valence electrons. The van der Waals surface area contributed by atoms with Gasteiger partial charge in [0.05, 0.1) is 6.04 Å². The van der Waals surface area contributed by atoms with Gasteiger partial charge in [0.25, 0.3) is 0 Å². The van der Waals surface area contributed by atoms with Crippen molar-refractivity contribution in [2.45, 2.75) is 31.8 Å². The molecule has 1 aromatic carbocycles. The minimum Gasteiger partial charge on any atom is -0.338 e. The Morgan fingerprint density at radius 2 is 2.12 bits per heavy atom. The van der Waals surface area contributed by atoms with E-state index in [2.05, 4.69) is 53.3 Å². The molecule has 0 aliphatic carbocycles. The molecule has 0 unspecified atom stereocenters. The number of rotatable bonds is 5. The Balaban J connectivity index is 1.46. The predicted molar refractivity (Wildman–Crippen MR) is 92.2 cm³/mol. The lowest BCUT2D eigenvalue weighted by molar-refractivity contribution is 0.199. The zero-order valence-corrected chi connectivity index (χ0v) is 14.7. The molecule has 3 aromatic rings. The van der Waals surface area contributed by atoms with Gasteiger partial charge in [0.15, 0.2) is 5.82 Å².